The van der Waals surface area contributed by atoms with Gasteiger partial charge in [0, 0.05) is 39.8 Å². The Morgan fingerprint density at radius 3 is 2.93 bits per heavy atom. The molecule has 0 saturated heterocycles. The summed E-state index contributed by atoms with van der Waals surface area (Å²) >= 11 is 0. The predicted octanol–water partition coefficient (Wildman–Crippen LogP) is 0.0808. The standard InChI is InChI=1S/C10H18N4O/c1-11-6-9-7-12-8-14(9)5-4-10(15)13(2)3/h7-8,11H,4-6H2,1-3H3. The molecule has 0 bridgehead atoms. The van der Waals surface area contributed by atoms with Crippen LogP contribution in [0.2, 0.25) is 0 Å². The molecule has 1 aromatic rings. The highest BCUT2D eigenvalue weighted by molar-refractivity contribution is 5.75. The van der Waals surface area contributed by atoms with Gasteiger partial charge in [-0.1, -0.05) is 0 Å². The first-order valence-corrected chi connectivity index (χ1v) is 4.99. The highest BCUT2D eigenvalue weighted by Crippen LogP contribution is 2.01. The Bertz CT molecular complexity index is 319. The smallest absolute Gasteiger partial charge is 0.223 e. The molecule has 1 heterocycles. The molecule has 0 saturated carbocycles. The summed E-state index contributed by atoms with van der Waals surface area (Å²) in [5.74, 6) is 0.138. The Morgan fingerprint density at radius 1 is 1.60 bits per heavy atom. The molecule has 0 aliphatic rings. The van der Waals surface area contributed by atoms with Gasteiger partial charge in [0.15, 0.2) is 0 Å². The number of nitrogens with zero attached hydrogens (tertiary/aromatic N) is 3. The molecule has 0 unspecified atom stereocenters. The zero-order valence-corrected chi connectivity index (χ0v) is 9.53. The Morgan fingerprint density at radius 2 is 2.33 bits per heavy atom. The second kappa shape index (κ2) is 5.50. The molecule has 5 nitrogen and oxygen atoms in total. The average Bonchev–Trinajstić information content (AvgIpc) is 2.62. The van der Waals surface area contributed by atoms with Crippen molar-refractivity contribution in [1.29, 1.82) is 0 Å². The fourth-order valence-electron chi connectivity index (χ4n) is 1.32. The molecule has 0 aliphatic carbocycles. The van der Waals surface area contributed by atoms with Crippen molar-refractivity contribution in [2.24, 2.45) is 0 Å². The number of nitrogens with one attached hydrogen (secondary N) is 1. The van der Waals surface area contributed by atoms with E-state index in [4.69, 9.17) is 0 Å². The summed E-state index contributed by atoms with van der Waals surface area (Å²) in [7, 11) is 5.43. The summed E-state index contributed by atoms with van der Waals surface area (Å²) in [4.78, 5) is 17.1. The van der Waals surface area contributed by atoms with Crippen molar-refractivity contribution in [3.63, 3.8) is 0 Å². The maximum Gasteiger partial charge on any atom is 0.223 e. The number of hydrogen-bond acceptors (Lipinski definition) is 3. The van der Waals surface area contributed by atoms with Crippen LogP contribution in [0.5, 0.6) is 0 Å². The van der Waals surface area contributed by atoms with E-state index in [-0.39, 0.29) is 5.91 Å². The fourth-order valence-corrected chi connectivity index (χ4v) is 1.32. The number of hydrogen-bond donors (Lipinski definition) is 1. The summed E-state index contributed by atoms with van der Waals surface area (Å²) in [6.07, 6.45) is 4.09. The van der Waals surface area contributed by atoms with E-state index in [1.807, 2.05) is 17.8 Å². The zero-order valence-electron chi connectivity index (χ0n) is 9.53. The van der Waals surface area contributed by atoms with E-state index in [0.29, 0.717) is 13.0 Å². The minimum Gasteiger partial charge on any atom is -0.349 e. The van der Waals surface area contributed by atoms with Gasteiger partial charge in [0.1, 0.15) is 0 Å². The van der Waals surface area contributed by atoms with Crippen molar-refractivity contribution in [1.82, 2.24) is 19.8 Å². The molecular weight excluding hydrogens is 192 g/mol. The number of amides is 1. The Kier molecular flexibility index (Phi) is 4.30. The van der Waals surface area contributed by atoms with Crippen LogP contribution in [-0.4, -0.2) is 41.5 Å². The van der Waals surface area contributed by atoms with Gasteiger partial charge < -0.3 is 14.8 Å². The molecule has 1 N–H and O–H groups in total. The van der Waals surface area contributed by atoms with Crippen molar-refractivity contribution in [3.8, 4) is 0 Å². The summed E-state index contributed by atoms with van der Waals surface area (Å²) in [5, 5.41) is 3.06. The van der Waals surface area contributed by atoms with E-state index in [1.165, 1.54) is 0 Å². The van der Waals surface area contributed by atoms with Crippen molar-refractivity contribution >= 4 is 5.91 Å². The molecule has 1 rings (SSSR count). The highest BCUT2D eigenvalue weighted by atomic mass is 16.2. The quantitative estimate of drug-likeness (QED) is 0.749. The molecule has 15 heavy (non-hydrogen) atoms. The molecular formula is C10H18N4O. The second-order valence-electron chi connectivity index (χ2n) is 3.65. The number of imidazole rings is 1. The molecule has 0 aromatic carbocycles. The van der Waals surface area contributed by atoms with Crippen LogP contribution in [0.4, 0.5) is 0 Å². The van der Waals surface area contributed by atoms with E-state index in [1.54, 1.807) is 25.3 Å². The normalized spacial score (nSPS) is 10.3. The van der Waals surface area contributed by atoms with Gasteiger partial charge in [-0.25, -0.2) is 4.98 Å². The van der Waals surface area contributed by atoms with Gasteiger partial charge >= 0.3 is 0 Å². The molecule has 1 aromatic heterocycles. The third kappa shape index (κ3) is 3.36. The zero-order chi connectivity index (χ0) is 11.3. The molecule has 84 valence electrons. The molecule has 0 atom stereocenters. The fraction of sp³-hybridized carbons (Fsp3) is 0.600. The van der Waals surface area contributed by atoms with Gasteiger partial charge in [-0.15, -0.1) is 0 Å². The van der Waals surface area contributed by atoms with E-state index in [0.717, 1.165) is 12.2 Å². The number of rotatable bonds is 5. The average molecular weight is 210 g/mol. The lowest BCUT2D eigenvalue weighted by Gasteiger charge is -2.11. The number of carbonyl (C=O) groups excluding carboxylic acids is 1. The number of aryl methyl sites for hydroxylation is 1. The van der Waals surface area contributed by atoms with Crippen molar-refractivity contribution in [2.45, 2.75) is 19.5 Å². The lowest BCUT2D eigenvalue weighted by Crippen LogP contribution is -2.23. The second-order valence-corrected chi connectivity index (χ2v) is 3.65. The summed E-state index contributed by atoms with van der Waals surface area (Å²) < 4.78 is 2.00. The SMILES string of the molecule is CNCc1cncn1CCC(=O)N(C)C. The largest absolute Gasteiger partial charge is 0.349 e. The van der Waals surface area contributed by atoms with E-state index in [2.05, 4.69) is 10.3 Å². The first-order valence-electron chi connectivity index (χ1n) is 4.99. The van der Waals surface area contributed by atoms with E-state index < -0.39 is 0 Å². The van der Waals surface area contributed by atoms with Crippen LogP contribution >= 0.6 is 0 Å². The lowest BCUT2D eigenvalue weighted by molar-refractivity contribution is -0.128. The van der Waals surface area contributed by atoms with Gasteiger partial charge in [0.25, 0.3) is 0 Å². The van der Waals surface area contributed by atoms with E-state index in [9.17, 15) is 4.79 Å². The first-order chi connectivity index (χ1) is 7.15. The van der Waals surface area contributed by atoms with Crippen LogP contribution < -0.4 is 5.32 Å². The third-order valence-electron chi connectivity index (χ3n) is 2.22. The lowest BCUT2D eigenvalue weighted by atomic mass is 10.3. The van der Waals surface area contributed by atoms with Gasteiger partial charge in [-0.3, -0.25) is 4.79 Å². The predicted molar refractivity (Wildman–Crippen MR) is 58.3 cm³/mol. The molecule has 0 fully saturated rings. The van der Waals surface area contributed by atoms with Crippen molar-refractivity contribution < 1.29 is 4.79 Å². The number of carbonyl (C=O) groups is 1. The molecule has 0 spiro atoms. The third-order valence-corrected chi connectivity index (χ3v) is 2.22. The summed E-state index contributed by atoms with van der Waals surface area (Å²) in [5.41, 5.74) is 1.10. The minimum absolute atomic E-state index is 0.138. The molecule has 5 heteroatoms. The Balaban J connectivity index is 2.50. The highest BCUT2D eigenvalue weighted by Gasteiger charge is 2.06. The molecule has 0 aliphatic heterocycles. The van der Waals surface area contributed by atoms with Gasteiger partial charge in [-0.05, 0) is 7.05 Å². The van der Waals surface area contributed by atoms with Crippen LogP contribution in [0.15, 0.2) is 12.5 Å². The van der Waals surface area contributed by atoms with Crippen LogP contribution in [0.25, 0.3) is 0 Å². The number of aromatic nitrogens is 2. The van der Waals surface area contributed by atoms with E-state index >= 15 is 0 Å². The van der Waals surface area contributed by atoms with Gasteiger partial charge in [0.2, 0.25) is 5.91 Å². The Labute approximate surface area is 90.1 Å². The molecule has 1 amide bonds. The maximum atomic E-state index is 11.4. The van der Waals surface area contributed by atoms with Crippen LogP contribution in [-0.2, 0) is 17.9 Å². The maximum absolute atomic E-state index is 11.4. The Hall–Kier alpha value is -1.36. The monoisotopic (exact) mass is 210 g/mol. The molecule has 0 radical (unpaired) electrons. The van der Waals surface area contributed by atoms with Crippen LogP contribution in [0.3, 0.4) is 0 Å². The minimum atomic E-state index is 0.138. The summed E-state index contributed by atoms with van der Waals surface area (Å²) in [6.45, 7) is 1.46. The topological polar surface area (TPSA) is 50.2 Å². The van der Waals surface area contributed by atoms with Crippen LogP contribution in [0.1, 0.15) is 12.1 Å². The van der Waals surface area contributed by atoms with Crippen LogP contribution in [0, 0.1) is 0 Å². The van der Waals surface area contributed by atoms with Crippen molar-refractivity contribution in [3.05, 3.63) is 18.2 Å². The summed E-state index contributed by atoms with van der Waals surface area (Å²) in [6, 6.07) is 0. The first kappa shape index (κ1) is 11.7. The van der Waals surface area contributed by atoms with Gasteiger partial charge in [-0.2, -0.15) is 0 Å². The van der Waals surface area contributed by atoms with Crippen molar-refractivity contribution in [2.75, 3.05) is 21.1 Å². The van der Waals surface area contributed by atoms with Gasteiger partial charge in [0.05, 0.1) is 12.0 Å².